The Hall–Kier alpha value is -11.4. The third kappa shape index (κ3) is 9.38. The lowest BCUT2D eigenvalue weighted by Crippen LogP contribution is -1.94. The number of hydrogen-bond donors (Lipinski definition) is 0. The number of hydrogen-bond acceptors (Lipinski definition) is 5. The first-order valence-electron chi connectivity index (χ1n) is 29.5. The number of benzene rings is 10. The Bertz CT molecular complexity index is 5320. The number of aliphatic imine (C=N–C) groups is 1. The van der Waals surface area contributed by atoms with Crippen LogP contribution >= 0.6 is 11.3 Å². The lowest BCUT2D eigenvalue weighted by molar-refractivity contribution is 1.18. The lowest BCUT2D eigenvalue weighted by atomic mass is 9.98. The van der Waals surface area contributed by atoms with Crippen LogP contribution in [0.25, 0.3) is 153 Å². The fourth-order valence-corrected chi connectivity index (χ4v) is 13.9. The maximum atomic E-state index is 4.76. The number of pyridine rings is 3. The fraction of sp³-hybridized carbons (Fsp3) is 0.0123. The van der Waals surface area contributed by atoms with Gasteiger partial charge in [0.2, 0.25) is 0 Å². The smallest absolute Gasteiger partial charge is 0.0541 e. The molecule has 0 amide bonds. The van der Waals surface area contributed by atoms with Crippen LogP contribution < -0.4 is 0 Å². The minimum Gasteiger partial charge on any atom is -0.309 e. The van der Waals surface area contributed by atoms with Crippen LogP contribution in [0.15, 0.2) is 303 Å². The quantitative estimate of drug-likeness (QED) is 0.0905. The zero-order valence-electron chi connectivity index (χ0n) is 48.1. The molecule has 0 N–H and O–H groups in total. The molecule has 0 bridgehead atoms. The van der Waals surface area contributed by atoms with E-state index in [2.05, 4.69) is 276 Å². The van der Waals surface area contributed by atoms with E-state index in [1.807, 2.05) is 60.8 Å². The summed E-state index contributed by atoms with van der Waals surface area (Å²) < 4.78 is 7.35. The Kier molecular flexibility index (Phi) is 13.0. The van der Waals surface area contributed by atoms with Crippen molar-refractivity contribution in [2.75, 3.05) is 0 Å². The van der Waals surface area contributed by atoms with E-state index in [0.717, 1.165) is 144 Å². The molecule has 0 radical (unpaired) electrons. The SMILES string of the molecule is C=N/C=C(\C=C(/C)c1ccc2c(c1)c1cc(-c3cncc(-c4ccccc4)c3)ccc1n2-c1ccc2sc3ccc(-n4c5ccc(-c6cncc(-c7ccccc7)c6)cc5c5cc(-c6cncc(-c7ccccc7)c6)ccc54)cc3c2c1)c1ccccc1. The lowest BCUT2D eigenvalue weighted by Gasteiger charge is -2.11. The van der Waals surface area contributed by atoms with Gasteiger partial charge in [0.15, 0.2) is 0 Å². The van der Waals surface area contributed by atoms with Crippen LogP contribution in [0.2, 0.25) is 0 Å². The Balaban J connectivity index is 0.849. The molecule has 6 heterocycles. The molecule has 0 fully saturated rings. The number of allylic oxidation sites excluding steroid dienone is 3. The third-order valence-corrected chi connectivity index (χ3v) is 18.3. The van der Waals surface area contributed by atoms with Crippen LogP contribution in [-0.2, 0) is 0 Å². The fourth-order valence-electron chi connectivity index (χ4n) is 12.8. The molecule has 10 aromatic carbocycles. The largest absolute Gasteiger partial charge is 0.309 e. The van der Waals surface area contributed by atoms with Crippen LogP contribution in [0.5, 0.6) is 0 Å². The summed E-state index contributed by atoms with van der Waals surface area (Å²) >= 11 is 1.84. The van der Waals surface area contributed by atoms with Gasteiger partial charge in [-0.1, -0.05) is 146 Å². The van der Waals surface area contributed by atoms with E-state index in [1.165, 1.54) is 20.2 Å². The summed E-state index contributed by atoms with van der Waals surface area (Å²) in [5.41, 5.74) is 24.2. The predicted molar refractivity (Wildman–Crippen MR) is 372 cm³/mol. The van der Waals surface area contributed by atoms with E-state index in [-0.39, 0.29) is 0 Å². The molecule has 0 aliphatic rings. The molecule has 0 saturated heterocycles. The van der Waals surface area contributed by atoms with E-state index in [1.54, 1.807) is 0 Å². The number of fused-ring (bicyclic) bond motifs is 9. The summed E-state index contributed by atoms with van der Waals surface area (Å²) in [6.45, 7) is 5.99. The van der Waals surface area contributed by atoms with Gasteiger partial charge in [-0.25, -0.2) is 0 Å². The van der Waals surface area contributed by atoms with Crippen LogP contribution in [-0.4, -0.2) is 30.8 Å². The van der Waals surface area contributed by atoms with Crippen molar-refractivity contribution in [3.63, 3.8) is 0 Å². The number of nitrogens with zero attached hydrogens (tertiary/aromatic N) is 6. The summed E-state index contributed by atoms with van der Waals surface area (Å²) in [5, 5.41) is 7.07. The van der Waals surface area contributed by atoms with E-state index < -0.39 is 0 Å². The zero-order chi connectivity index (χ0) is 58.7. The molecule has 0 atom stereocenters. The summed E-state index contributed by atoms with van der Waals surface area (Å²) in [6.07, 6.45) is 15.8. The normalized spacial score (nSPS) is 12.1. The molecule has 16 aromatic rings. The standard InChI is InChI=1S/C81H54N6S/c1-52(35-61(45-82-2)53-15-7-3-8-16-53)57-23-29-76-70(39-57)71-40-58(65-36-62(46-83-49-65)54-17-9-4-10-18-54)24-30-77(71)86(76)68-27-33-80-74(43-68)75-44-69(28-34-81(75)88-80)87-78-31-25-59(66-37-63(47-84-50-66)55-19-11-5-12-20-55)41-72(78)73-42-60(26-32-79(73)87)67-38-64(48-85-51-67)56-21-13-6-14-22-56/h3-51H,2H2,1H3/b52-35+,61-45+. The molecule has 16 rings (SSSR count). The Morgan fingerprint density at radius 1 is 0.341 bits per heavy atom. The van der Waals surface area contributed by atoms with Gasteiger partial charge in [0.25, 0.3) is 0 Å². The highest BCUT2D eigenvalue weighted by Crippen LogP contribution is 2.44. The Morgan fingerprint density at radius 2 is 0.705 bits per heavy atom. The van der Waals surface area contributed by atoms with E-state index in [9.17, 15) is 0 Å². The highest BCUT2D eigenvalue weighted by atomic mass is 32.1. The number of thiophene rings is 1. The minimum atomic E-state index is 1.00. The van der Waals surface area contributed by atoms with Gasteiger partial charge in [-0.3, -0.25) is 19.9 Å². The topological polar surface area (TPSA) is 60.9 Å². The van der Waals surface area contributed by atoms with Gasteiger partial charge in [-0.15, -0.1) is 11.3 Å². The summed E-state index contributed by atoms with van der Waals surface area (Å²) in [7, 11) is 0. The van der Waals surface area contributed by atoms with Crippen molar-refractivity contribution in [2.45, 2.75) is 6.92 Å². The van der Waals surface area contributed by atoms with Crippen LogP contribution in [0, 0.1) is 0 Å². The monoisotopic (exact) mass is 1140 g/mol. The zero-order valence-corrected chi connectivity index (χ0v) is 48.9. The van der Waals surface area contributed by atoms with Gasteiger partial charge in [-0.2, -0.15) is 0 Å². The second-order valence-electron chi connectivity index (χ2n) is 22.5. The molecule has 0 spiro atoms. The van der Waals surface area contributed by atoms with Crippen molar-refractivity contribution in [3.05, 3.63) is 309 Å². The van der Waals surface area contributed by atoms with Gasteiger partial charge in [-0.05, 0) is 173 Å². The summed E-state index contributed by atoms with van der Waals surface area (Å²) in [6, 6.07) is 90.1. The Morgan fingerprint density at radius 3 is 1.10 bits per heavy atom. The van der Waals surface area contributed by atoms with Crippen LogP contribution in [0.4, 0.5) is 0 Å². The highest BCUT2D eigenvalue weighted by molar-refractivity contribution is 7.25. The summed E-state index contributed by atoms with van der Waals surface area (Å²) in [5.74, 6) is 0. The molecule has 0 saturated carbocycles. The van der Waals surface area contributed by atoms with Gasteiger partial charge < -0.3 is 9.13 Å². The first-order valence-corrected chi connectivity index (χ1v) is 30.3. The highest BCUT2D eigenvalue weighted by Gasteiger charge is 2.20. The van der Waals surface area contributed by atoms with E-state index >= 15 is 0 Å². The molecule has 88 heavy (non-hydrogen) atoms. The first-order chi connectivity index (χ1) is 43.5. The van der Waals surface area contributed by atoms with Gasteiger partial charge >= 0.3 is 0 Å². The Labute approximate surface area is 513 Å². The summed E-state index contributed by atoms with van der Waals surface area (Å²) in [4.78, 5) is 18.5. The predicted octanol–water partition coefficient (Wildman–Crippen LogP) is 21.6. The van der Waals surface area contributed by atoms with E-state index in [4.69, 9.17) is 15.0 Å². The van der Waals surface area contributed by atoms with Crippen molar-refractivity contribution in [1.82, 2.24) is 24.1 Å². The second-order valence-corrected chi connectivity index (χ2v) is 23.6. The van der Waals surface area contributed by atoms with Gasteiger partial charge in [0, 0.05) is 135 Å². The van der Waals surface area contributed by atoms with Gasteiger partial charge in [0.1, 0.15) is 0 Å². The van der Waals surface area contributed by atoms with Crippen molar-refractivity contribution < 1.29 is 0 Å². The third-order valence-electron chi connectivity index (χ3n) is 17.2. The number of rotatable bonds is 12. The minimum absolute atomic E-state index is 1.00. The average Bonchev–Trinajstić information content (AvgIpc) is 1.93. The maximum absolute atomic E-state index is 4.76. The molecule has 7 heteroatoms. The molecule has 0 unspecified atom stereocenters. The maximum Gasteiger partial charge on any atom is 0.0541 e. The molecule has 414 valence electrons. The van der Waals surface area contributed by atoms with Crippen LogP contribution in [0.1, 0.15) is 18.1 Å². The van der Waals surface area contributed by atoms with Crippen LogP contribution in [0.3, 0.4) is 0 Å². The van der Waals surface area contributed by atoms with Crippen molar-refractivity contribution in [1.29, 1.82) is 0 Å². The molecule has 6 nitrogen and oxygen atoms in total. The van der Waals surface area contributed by atoms with E-state index in [0.29, 0.717) is 0 Å². The second kappa shape index (κ2) is 21.9. The van der Waals surface area contributed by atoms with Crippen molar-refractivity contribution in [3.8, 4) is 78.1 Å². The average molecular weight is 1140 g/mol. The van der Waals surface area contributed by atoms with Crippen molar-refractivity contribution >= 4 is 93.0 Å². The molecule has 6 aromatic heterocycles. The van der Waals surface area contributed by atoms with Gasteiger partial charge in [0.05, 0.1) is 22.1 Å². The first kappa shape index (κ1) is 52.2. The molecule has 0 aliphatic carbocycles. The molecule has 0 aliphatic heterocycles. The molecular weight excluding hydrogens is 1090 g/mol. The van der Waals surface area contributed by atoms with Crippen molar-refractivity contribution in [2.24, 2.45) is 4.99 Å². The molecular formula is C81H54N6S. The number of aromatic nitrogens is 5.